The Balaban J connectivity index is 1.60. The minimum absolute atomic E-state index is 0.164. The molecule has 10 heteroatoms. The molecule has 5 nitrogen and oxygen atoms in total. The summed E-state index contributed by atoms with van der Waals surface area (Å²) in [7, 11) is -5.54. The summed E-state index contributed by atoms with van der Waals surface area (Å²) in [6.07, 6.45) is 1.42. The maximum Gasteiger partial charge on any atom is 0.516 e. The summed E-state index contributed by atoms with van der Waals surface area (Å²) in [5.74, 6) is 0.762. The molecule has 32 heavy (non-hydrogen) atoms. The Morgan fingerprint density at radius 3 is 2.41 bits per heavy atom. The lowest BCUT2D eigenvalue weighted by atomic mass is 10.0. The highest BCUT2D eigenvalue weighted by Gasteiger charge is 2.46. The maximum absolute atomic E-state index is 12.8. The number of hydrogen-bond donors (Lipinski definition) is 2. The largest absolute Gasteiger partial charge is 0.516 e. The number of H-pyrrole nitrogens is 1. The molecule has 0 saturated heterocycles. The van der Waals surface area contributed by atoms with E-state index in [0.29, 0.717) is 28.1 Å². The number of aromatic amines is 1. The average molecular weight is 480 g/mol. The number of nitrogens with zero attached hydrogens (tertiary/aromatic N) is 1. The molecule has 1 heterocycles. The summed E-state index contributed by atoms with van der Waals surface area (Å²) < 4.78 is 63.2. The van der Waals surface area contributed by atoms with E-state index in [1.165, 1.54) is 12.1 Å². The fraction of sp³-hybridized carbons (Fsp3) is 0.136. The number of aromatic nitrogens is 2. The fourth-order valence-corrected chi connectivity index (χ4v) is 3.99. The molecule has 0 aliphatic heterocycles. The summed E-state index contributed by atoms with van der Waals surface area (Å²) in [6, 6.07) is 18.6. The summed E-state index contributed by atoms with van der Waals surface area (Å²) >= 11 is 5.90. The second kappa shape index (κ2) is 8.48. The van der Waals surface area contributed by atoms with Crippen LogP contribution in [0.5, 0.6) is 0 Å². The van der Waals surface area contributed by atoms with Crippen LogP contribution in [0.15, 0.2) is 66.7 Å². The highest BCUT2D eigenvalue weighted by molar-refractivity contribution is 7.93. The lowest BCUT2D eigenvalue weighted by molar-refractivity contribution is -0.0429. The molecule has 0 aliphatic rings. The number of nitrogens with one attached hydrogen (secondary N) is 2. The predicted octanol–water partition coefficient (Wildman–Crippen LogP) is 5.93. The second-order valence-corrected chi connectivity index (χ2v) is 9.25. The normalized spacial score (nSPS) is 12.2. The molecule has 2 N–H and O–H groups in total. The van der Waals surface area contributed by atoms with Gasteiger partial charge in [-0.05, 0) is 47.9 Å². The van der Waals surface area contributed by atoms with Crippen molar-refractivity contribution < 1.29 is 21.6 Å². The van der Waals surface area contributed by atoms with Crippen molar-refractivity contribution in [2.75, 3.05) is 4.72 Å². The number of imidazole rings is 1. The number of benzene rings is 3. The number of sulfonamides is 1. The van der Waals surface area contributed by atoms with E-state index in [4.69, 9.17) is 11.6 Å². The molecule has 3 aromatic carbocycles. The van der Waals surface area contributed by atoms with Crippen LogP contribution in [0.2, 0.25) is 5.02 Å². The third-order valence-corrected chi connectivity index (χ3v) is 6.23. The Kier molecular flexibility index (Phi) is 5.87. The van der Waals surface area contributed by atoms with Crippen molar-refractivity contribution in [1.29, 1.82) is 0 Å². The molecule has 0 unspecified atom stereocenters. The van der Waals surface area contributed by atoms with Crippen LogP contribution >= 0.6 is 11.6 Å². The van der Waals surface area contributed by atoms with E-state index >= 15 is 0 Å². The SMILES string of the molecule is O=S(=O)(Nc1ccccc1-c1ccc2[nH]c(CCc3ccc(Cl)cc3)nc2c1)C(F)(F)F. The summed E-state index contributed by atoms with van der Waals surface area (Å²) in [4.78, 5) is 7.81. The number of alkyl halides is 3. The smallest absolute Gasteiger partial charge is 0.342 e. The van der Waals surface area contributed by atoms with Crippen LogP contribution in [0.25, 0.3) is 22.2 Å². The zero-order valence-corrected chi connectivity index (χ0v) is 18.0. The van der Waals surface area contributed by atoms with Gasteiger partial charge in [-0.3, -0.25) is 4.72 Å². The van der Waals surface area contributed by atoms with Gasteiger partial charge in [-0.25, -0.2) is 4.98 Å². The van der Waals surface area contributed by atoms with Gasteiger partial charge in [-0.15, -0.1) is 0 Å². The topological polar surface area (TPSA) is 74.8 Å². The van der Waals surface area contributed by atoms with E-state index in [-0.39, 0.29) is 5.69 Å². The van der Waals surface area contributed by atoms with Crippen molar-refractivity contribution in [3.05, 3.63) is 83.1 Å². The van der Waals surface area contributed by atoms with Crippen molar-refractivity contribution in [2.24, 2.45) is 0 Å². The van der Waals surface area contributed by atoms with E-state index in [0.717, 1.165) is 23.3 Å². The number of fused-ring (bicyclic) bond motifs is 1. The average Bonchev–Trinajstić information content (AvgIpc) is 3.15. The van der Waals surface area contributed by atoms with E-state index in [9.17, 15) is 21.6 Å². The Labute approximate surface area is 187 Å². The third kappa shape index (κ3) is 4.73. The maximum atomic E-state index is 12.8. The molecule has 0 saturated carbocycles. The zero-order chi connectivity index (χ0) is 22.9. The van der Waals surface area contributed by atoms with Crippen LogP contribution < -0.4 is 4.72 Å². The fourth-order valence-electron chi connectivity index (χ4n) is 3.28. The molecule has 0 amide bonds. The monoisotopic (exact) mass is 479 g/mol. The van der Waals surface area contributed by atoms with Crippen molar-refractivity contribution in [2.45, 2.75) is 18.3 Å². The molecule has 0 spiro atoms. The number of para-hydroxylation sites is 1. The van der Waals surface area contributed by atoms with Gasteiger partial charge in [-0.1, -0.05) is 48.0 Å². The van der Waals surface area contributed by atoms with Crippen molar-refractivity contribution in [3.63, 3.8) is 0 Å². The quantitative estimate of drug-likeness (QED) is 0.360. The summed E-state index contributed by atoms with van der Waals surface area (Å²) in [6.45, 7) is 0. The van der Waals surface area contributed by atoms with Crippen molar-refractivity contribution in [3.8, 4) is 11.1 Å². The van der Waals surface area contributed by atoms with Gasteiger partial charge < -0.3 is 4.98 Å². The van der Waals surface area contributed by atoms with Gasteiger partial charge in [0.2, 0.25) is 0 Å². The Bertz CT molecular complexity index is 1370. The lowest BCUT2D eigenvalue weighted by Crippen LogP contribution is -2.30. The number of rotatable bonds is 6. The van der Waals surface area contributed by atoms with Crippen LogP contribution in [0, 0.1) is 0 Å². The molecule has 4 aromatic rings. The predicted molar refractivity (Wildman–Crippen MR) is 119 cm³/mol. The molecular formula is C22H17ClF3N3O2S. The van der Waals surface area contributed by atoms with Gasteiger partial charge >= 0.3 is 15.5 Å². The van der Waals surface area contributed by atoms with E-state index in [1.807, 2.05) is 24.3 Å². The van der Waals surface area contributed by atoms with Gasteiger partial charge in [-0.2, -0.15) is 21.6 Å². The Morgan fingerprint density at radius 1 is 0.969 bits per heavy atom. The molecule has 0 bridgehead atoms. The first-order valence-electron chi connectivity index (χ1n) is 9.54. The summed E-state index contributed by atoms with van der Waals surface area (Å²) in [5.41, 5.74) is -2.22. The number of hydrogen-bond acceptors (Lipinski definition) is 3. The van der Waals surface area contributed by atoms with Gasteiger partial charge in [0, 0.05) is 17.0 Å². The Hall–Kier alpha value is -3.04. The first-order chi connectivity index (χ1) is 15.1. The minimum atomic E-state index is -5.54. The van der Waals surface area contributed by atoms with E-state index < -0.39 is 15.5 Å². The molecule has 1 aromatic heterocycles. The lowest BCUT2D eigenvalue weighted by Gasteiger charge is -2.14. The number of halogens is 4. The standard InChI is InChI=1S/C22H17ClF3N3O2S/c23-16-9-5-14(6-10-16)7-12-21-27-19-11-8-15(13-20(19)28-21)17-3-1-2-4-18(17)29-32(30,31)22(24,25)26/h1-6,8-11,13,29H,7,12H2,(H,27,28). The van der Waals surface area contributed by atoms with Gasteiger partial charge in [0.05, 0.1) is 16.7 Å². The minimum Gasteiger partial charge on any atom is -0.342 e. The highest BCUT2D eigenvalue weighted by Crippen LogP contribution is 2.33. The van der Waals surface area contributed by atoms with Gasteiger partial charge in [0.25, 0.3) is 0 Å². The Morgan fingerprint density at radius 2 is 1.69 bits per heavy atom. The van der Waals surface area contributed by atoms with Crippen LogP contribution in [0.3, 0.4) is 0 Å². The molecule has 0 atom stereocenters. The van der Waals surface area contributed by atoms with Gasteiger partial charge in [0.1, 0.15) is 5.82 Å². The molecule has 0 radical (unpaired) electrons. The number of anilines is 1. The van der Waals surface area contributed by atoms with Crippen molar-refractivity contribution >= 4 is 38.3 Å². The van der Waals surface area contributed by atoms with Crippen LogP contribution in [0.4, 0.5) is 18.9 Å². The second-order valence-electron chi connectivity index (χ2n) is 7.14. The first-order valence-corrected chi connectivity index (χ1v) is 11.4. The zero-order valence-electron chi connectivity index (χ0n) is 16.4. The van der Waals surface area contributed by atoms with Gasteiger partial charge in [0.15, 0.2) is 0 Å². The number of aryl methyl sites for hydroxylation is 2. The van der Waals surface area contributed by atoms with Crippen LogP contribution in [-0.4, -0.2) is 23.9 Å². The summed E-state index contributed by atoms with van der Waals surface area (Å²) in [5, 5.41) is 0.669. The first kappa shape index (κ1) is 22.2. The van der Waals surface area contributed by atoms with Crippen molar-refractivity contribution in [1.82, 2.24) is 9.97 Å². The van der Waals surface area contributed by atoms with Crippen LogP contribution in [-0.2, 0) is 22.9 Å². The third-order valence-electron chi connectivity index (χ3n) is 4.88. The van der Waals surface area contributed by atoms with E-state index in [2.05, 4.69) is 9.97 Å². The molecular weight excluding hydrogens is 463 g/mol. The molecule has 4 rings (SSSR count). The highest BCUT2D eigenvalue weighted by atomic mass is 35.5. The van der Waals surface area contributed by atoms with Crippen LogP contribution in [0.1, 0.15) is 11.4 Å². The molecule has 0 fully saturated rings. The molecule has 0 aliphatic carbocycles. The van der Waals surface area contributed by atoms with E-state index in [1.54, 1.807) is 35.1 Å². The molecule has 166 valence electrons.